The molecule has 4 heteroatoms. The van der Waals surface area contributed by atoms with E-state index < -0.39 is 0 Å². The van der Waals surface area contributed by atoms with Gasteiger partial charge in [0, 0.05) is 4.47 Å². The number of phenolic OH excluding ortho intramolecular Hbond substituents is 1. The number of nitrogens with two attached hydrogens (primary N) is 1. The van der Waals surface area contributed by atoms with Crippen LogP contribution in [0.5, 0.6) is 5.75 Å². The zero-order valence-corrected chi connectivity index (χ0v) is 9.28. The van der Waals surface area contributed by atoms with Crippen molar-refractivity contribution in [2.24, 2.45) is 0 Å². The molecule has 12 heavy (non-hydrogen) atoms. The minimum atomic E-state index is -0.0649. The van der Waals surface area contributed by atoms with E-state index in [1.807, 2.05) is 13.8 Å². The molecule has 3 N–H and O–H groups in total. The second-order valence-corrected chi connectivity index (χ2v) is 3.15. The molecule has 0 aliphatic rings. The van der Waals surface area contributed by atoms with Gasteiger partial charge in [-0.2, -0.15) is 0 Å². The molecule has 2 nitrogen and oxygen atoms in total. The SMILES string of the molecule is CC.Nc1cc(Br)cc(Cl)c1O. The van der Waals surface area contributed by atoms with Gasteiger partial charge in [-0.3, -0.25) is 0 Å². The third-order valence-electron chi connectivity index (χ3n) is 1.06. The largest absolute Gasteiger partial charge is 0.504 e. The highest BCUT2D eigenvalue weighted by molar-refractivity contribution is 9.10. The van der Waals surface area contributed by atoms with Crippen LogP contribution in [-0.2, 0) is 0 Å². The van der Waals surface area contributed by atoms with Crippen molar-refractivity contribution in [2.45, 2.75) is 13.8 Å². The number of hydrogen-bond donors (Lipinski definition) is 2. The maximum Gasteiger partial charge on any atom is 0.157 e. The smallest absolute Gasteiger partial charge is 0.157 e. The van der Waals surface area contributed by atoms with E-state index in [1.165, 1.54) is 0 Å². The van der Waals surface area contributed by atoms with E-state index >= 15 is 0 Å². The van der Waals surface area contributed by atoms with Gasteiger partial charge in [0.2, 0.25) is 0 Å². The van der Waals surface area contributed by atoms with Crippen LogP contribution in [0.4, 0.5) is 5.69 Å². The van der Waals surface area contributed by atoms with Gasteiger partial charge in [0.15, 0.2) is 5.75 Å². The molecule has 0 heterocycles. The maximum absolute atomic E-state index is 9.05. The number of hydrogen-bond acceptors (Lipinski definition) is 2. The number of halogens is 2. The van der Waals surface area contributed by atoms with E-state index in [9.17, 15) is 0 Å². The number of anilines is 1. The highest BCUT2D eigenvalue weighted by atomic mass is 79.9. The van der Waals surface area contributed by atoms with E-state index in [1.54, 1.807) is 12.1 Å². The Bertz CT molecular complexity index is 242. The number of aromatic hydroxyl groups is 1. The van der Waals surface area contributed by atoms with Crippen molar-refractivity contribution in [1.82, 2.24) is 0 Å². The van der Waals surface area contributed by atoms with Crippen LogP contribution in [0.1, 0.15) is 13.8 Å². The van der Waals surface area contributed by atoms with Gasteiger partial charge in [0.25, 0.3) is 0 Å². The highest BCUT2D eigenvalue weighted by Crippen LogP contribution is 2.32. The third kappa shape index (κ3) is 2.91. The fourth-order valence-corrected chi connectivity index (χ4v) is 1.42. The van der Waals surface area contributed by atoms with Gasteiger partial charge >= 0.3 is 0 Å². The summed E-state index contributed by atoms with van der Waals surface area (Å²) < 4.78 is 0.757. The lowest BCUT2D eigenvalue weighted by molar-refractivity contribution is 0.478. The van der Waals surface area contributed by atoms with Crippen LogP contribution < -0.4 is 5.73 Å². The number of benzene rings is 1. The number of phenols is 1. The fraction of sp³-hybridized carbons (Fsp3) is 0.250. The third-order valence-corrected chi connectivity index (χ3v) is 1.80. The summed E-state index contributed by atoms with van der Waals surface area (Å²) in [6.45, 7) is 4.00. The fourth-order valence-electron chi connectivity index (χ4n) is 0.586. The number of rotatable bonds is 0. The van der Waals surface area contributed by atoms with Crippen molar-refractivity contribution in [1.29, 1.82) is 0 Å². The predicted molar refractivity (Wildman–Crippen MR) is 56.6 cm³/mol. The standard InChI is InChI=1S/C6H5BrClNO.C2H6/c7-3-1-4(8)6(10)5(9)2-3;1-2/h1-2,10H,9H2;1-2H3. The lowest BCUT2D eigenvalue weighted by Crippen LogP contribution is -1.85. The summed E-state index contributed by atoms with van der Waals surface area (Å²) in [4.78, 5) is 0. The molecule has 0 saturated carbocycles. The zero-order chi connectivity index (χ0) is 9.72. The van der Waals surface area contributed by atoms with Crippen LogP contribution in [0, 0.1) is 0 Å². The molecule has 0 radical (unpaired) electrons. The second kappa shape index (κ2) is 5.27. The van der Waals surface area contributed by atoms with Gasteiger partial charge < -0.3 is 10.8 Å². The quantitative estimate of drug-likeness (QED) is 0.549. The molecule has 0 aliphatic heterocycles. The summed E-state index contributed by atoms with van der Waals surface area (Å²) in [6.07, 6.45) is 0. The van der Waals surface area contributed by atoms with Crippen molar-refractivity contribution in [3.05, 3.63) is 21.6 Å². The van der Waals surface area contributed by atoms with Gasteiger partial charge in [-0.15, -0.1) is 0 Å². The molecule has 68 valence electrons. The Labute approximate surface area is 85.5 Å². The molecule has 0 fully saturated rings. The van der Waals surface area contributed by atoms with Crippen molar-refractivity contribution in [3.8, 4) is 5.75 Å². The van der Waals surface area contributed by atoms with Crippen LogP contribution >= 0.6 is 27.5 Å². The molecule has 0 spiro atoms. The van der Waals surface area contributed by atoms with Gasteiger partial charge in [-0.1, -0.05) is 41.4 Å². The molecular weight excluding hydrogens is 241 g/mol. The summed E-state index contributed by atoms with van der Waals surface area (Å²) >= 11 is 8.73. The van der Waals surface area contributed by atoms with Gasteiger partial charge in [0.1, 0.15) is 0 Å². The molecule has 1 aromatic carbocycles. The second-order valence-electron chi connectivity index (χ2n) is 1.83. The minimum Gasteiger partial charge on any atom is -0.504 e. The molecule has 1 aromatic rings. The predicted octanol–water partition coefficient (Wildman–Crippen LogP) is 3.42. The first kappa shape index (κ1) is 11.6. The molecule has 0 atom stereocenters. The first-order valence-corrected chi connectivity index (χ1v) is 4.72. The van der Waals surface area contributed by atoms with Gasteiger partial charge in [-0.05, 0) is 12.1 Å². The van der Waals surface area contributed by atoms with Crippen molar-refractivity contribution in [3.63, 3.8) is 0 Å². The topological polar surface area (TPSA) is 46.2 Å². The Morgan fingerprint density at radius 2 is 1.92 bits per heavy atom. The normalized spacial score (nSPS) is 8.67. The van der Waals surface area contributed by atoms with E-state index in [0.717, 1.165) is 4.47 Å². The monoisotopic (exact) mass is 251 g/mol. The highest BCUT2D eigenvalue weighted by Gasteiger charge is 2.02. The number of nitrogen functional groups attached to an aromatic ring is 1. The summed E-state index contributed by atoms with van der Waals surface area (Å²) in [5.41, 5.74) is 5.63. The summed E-state index contributed by atoms with van der Waals surface area (Å²) in [5, 5.41) is 9.31. The summed E-state index contributed by atoms with van der Waals surface area (Å²) in [5.74, 6) is -0.0649. The van der Waals surface area contributed by atoms with Crippen molar-refractivity contribution < 1.29 is 5.11 Å². The Morgan fingerprint density at radius 1 is 1.42 bits per heavy atom. The average molecular weight is 253 g/mol. The first-order valence-electron chi connectivity index (χ1n) is 3.54. The Morgan fingerprint density at radius 3 is 2.33 bits per heavy atom. The minimum absolute atomic E-state index is 0.0649. The zero-order valence-electron chi connectivity index (χ0n) is 6.94. The molecule has 0 unspecified atom stereocenters. The van der Waals surface area contributed by atoms with Crippen LogP contribution in [0.2, 0.25) is 5.02 Å². The van der Waals surface area contributed by atoms with E-state index in [-0.39, 0.29) is 16.5 Å². The average Bonchev–Trinajstić information content (AvgIpc) is 2.04. The summed E-state index contributed by atoms with van der Waals surface area (Å²) in [6, 6.07) is 3.16. The van der Waals surface area contributed by atoms with E-state index in [0.29, 0.717) is 0 Å². The molecule has 0 bridgehead atoms. The van der Waals surface area contributed by atoms with E-state index in [4.69, 9.17) is 22.4 Å². The molecule has 0 aromatic heterocycles. The molecule has 0 aliphatic carbocycles. The molecule has 0 saturated heterocycles. The molecular formula is C8H11BrClNO. The Kier molecular flexibility index (Phi) is 5.09. The molecule has 0 amide bonds. The van der Waals surface area contributed by atoms with Crippen LogP contribution in [0.25, 0.3) is 0 Å². The lowest BCUT2D eigenvalue weighted by Gasteiger charge is -2.00. The van der Waals surface area contributed by atoms with Crippen LogP contribution in [0.3, 0.4) is 0 Å². The first-order chi connectivity index (χ1) is 5.61. The maximum atomic E-state index is 9.05. The van der Waals surface area contributed by atoms with Crippen molar-refractivity contribution >= 4 is 33.2 Å². The van der Waals surface area contributed by atoms with Crippen LogP contribution in [-0.4, -0.2) is 5.11 Å². The summed E-state index contributed by atoms with van der Waals surface area (Å²) in [7, 11) is 0. The molecule has 1 rings (SSSR count). The van der Waals surface area contributed by atoms with Crippen molar-refractivity contribution in [2.75, 3.05) is 5.73 Å². The van der Waals surface area contributed by atoms with E-state index in [2.05, 4.69) is 15.9 Å². The van der Waals surface area contributed by atoms with Gasteiger partial charge in [-0.25, -0.2) is 0 Å². The Hall–Kier alpha value is -0.410. The van der Waals surface area contributed by atoms with Crippen LogP contribution in [0.15, 0.2) is 16.6 Å². The lowest BCUT2D eigenvalue weighted by atomic mass is 10.3. The Balaban J connectivity index is 0.000000561. The van der Waals surface area contributed by atoms with Gasteiger partial charge in [0.05, 0.1) is 10.7 Å².